The first kappa shape index (κ1) is 13.6. The molecule has 5 N–H and O–H groups in total. The van der Waals surface area contributed by atoms with Crippen molar-refractivity contribution >= 4 is 17.6 Å². The van der Waals surface area contributed by atoms with Crippen LogP contribution in [-0.2, 0) is 13.6 Å². The zero-order chi connectivity index (χ0) is 14.7. The van der Waals surface area contributed by atoms with Gasteiger partial charge in [0.2, 0.25) is 5.91 Å². The summed E-state index contributed by atoms with van der Waals surface area (Å²) in [5.74, 6) is -0.385. The fourth-order valence-electron chi connectivity index (χ4n) is 1.72. The monoisotopic (exact) mass is 273 g/mol. The van der Waals surface area contributed by atoms with Gasteiger partial charge in [-0.25, -0.2) is 0 Å². The van der Waals surface area contributed by atoms with E-state index in [1.54, 1.807) is 31.4 Å². The van der Waals surface area contributed by atoms with Crippen LogP contribution in [0.25, 0.3) is 0 Å². The average molecular weight is 273 g/mol. The van der Waals surface area contributed by atoms with Gasteiger partial charge in [-0.05, 0) is 18.2 Å². The molecule has 104 valence electrons. The molecule has 0 aliphatic rings. The minimum atomic E-state index is -0.573. The summed E-state index contributed by atoms with van der Waals surface area (Å²) in [5, 5.41) is 6.69. The average Bonchev–Trinajstić information content (AvgIpc) is 2.76. The van der Waals surface area contributed by atoms with E-state index >= 15 is 0 Å². The first-order chi connectivity index (χ1) is 9.49. The van der Waals surface area contributed by atoms with Crippen LogP contribution in [0.1, 0.15) is 26.3 Å². The Balaban J connectivity index is 2.07. The molecule has 2 aromatic rings. The second kappa shape index (κ2) is 5.43. The lowest BCUT2D eigenvalue weighted by molar-refractivity contribution is 0.0951. The number of nitrogens with zero attached hydrogens (tertiary/aromatic N) is 2. The third kappa shape index (κ3) is 2.77. The molecule has 2 amide bonds. The molecular formula is C13H15N5O2. The quantitative estimate of drug-likeness (QED) is 0.728. The van der Waals surface area contributed by atoms with E-state index in [0.29, 0.717) is 16.9 Å². The number of amides is 2. The molecule has 0 fully saturated rings. The Kier molecular flexibility index (Phi) is 3.69. The molecular weight excluding hydrogens is 258 g/mol. The summed E-state index contributed by atoms with van der Waals surface area (Å²) in [4.78, 5) is 23.0. The highest BCUT2D eigenvalue weighted by Crippen LogP contribution is 2.09. The zero-order valence-corrected chi connectivity index (χ0v) is 11.0. The van der Waals surface area contributed by atoms with E-state index in [1.165, 1.54) is 10.7 Å². The van der Waals surface area contributed by atoms with Gasteiger partial charge < -0.3 is 16.8 Å². The maximum atomic E-state index is 12.0. The standard InChI is InChI=1S/C13H15N5O2/c1-18-11(14)10(7-17-18)6-16-13(20)9-4-2-3-8(5-9)12(15)19/h2-5,7H,6,14H2,1H3,(H2,15,19)(H,16,20). The van der Waals surface area contributed by atoms with Gasteiger partial charge in [0.25, 0.3) is 5.91 Å². The molecule has 0 aliphatic carbocycles. The lowest BCUT2D eigenvalue weighted by Crippen LogP contribution is -2.23. The van der Waals surface area contributed by atoms with E-state index < -0.39 is 5.91 Å². The summed E-state index contributed by atoms with van der Waals surface area (Å²) in [6, 6.07) is 6.21. The molecule has 1 heterocycles. The zero-order valence-electron chi connectivity index (χ0n) is 11.0. The predicted octanol–water partition coefficient (Wildman–Crippen LogP) is 0.0312. The number of carbonyl (C=O) groups is 2. The van der Waals surface area contributed by atoms with Crippen LogP contribution in [0.2, 0.25) is 0 Å². The van der Waals surface area contributed by atoms with E-state index in [9.17, 15) is 9.59 Å². The number of nitrogens with two attached hydrogens (primary N) is 2. The molecule has 2 rings (SSSR count). The number of nitrogens with one attached hydrogen (secondary N) is 1. The Hall–Kier alpha value is -2.83. The lowest BCUT2D eigenvalue weighted by atomic mass is 10.1. The minimum absolute atomic E-state index is 0.263. The molecule has 0 saturated carbocycles. The van der Waals surface area contributed by atoms with E-state index in [4.69, 9.17) is 11.5 Å². The fourth-order valence-corrected chi connectivity index (χ4v) is 1.72. The number of rotatable bonds is 4. The minimum Gasteiger partial charge on any atom is -0.384 e. The molecule has 0 radical (unpaired) electrons. The van der Waals surface area contributed by atoms with E-state index in [-0.39, 0.29) is 12.5 Å². The third-order valence-electron chi connectivity index (χ3n) is 2.91. The summed E-state index contributed by atoms with van der Waals surface area (Å²) < 4.78 is 1.52. The van der Waals surface area contributed by atoms with Crippen molar-refractivity contribution in [1.29, 1.82) is 0 Å². The van der Waals surface area contributed by atoms with Crippen LogP contribution in [0.3, 0.4) is 0 Å². The summed E-state index contributed by atoms with van der Waals surface area (Å²) in [6.45, 7) is 0.263. The van der Waals surface area contributed by atoms with Crippen LogP contribution in [0.5, 0.6) is 0 Å². The Morgan fingerprint density at radius 3 is 2.65 bits per heavy atom. The van der Waals surface area contributed by atoms with Crippen LogP contribution in [0.4, 0.5) is 5.82 Å². The molecule has 0 spiro atoms. The first-order valence-corrected chi connectivity index (χ1v) is 5.93. The summed E-state index contributed by atoms with van der Waals surface area (Å²) in [5.41, 5.74) is 12.3. The molecule has 1 aromatic carbocycles. The van der Waals surface area contributed by atoms with Gasteiger partial charge in [0.05, 0.1) is 6.20 Å². The number of primary amides is 1. The van der Waals surface area contributed by atoms with Crippen LogP contribution in [-0.4, -0.2) is 21.6 Å². The largest absolute Gasteiger partial charge is 0.384 e. The number of anilines is 1. The highest BCUT2D eigenvalue weighted by atomic mass is 16.2. The van der Waals surface area contributed by atoms with Crippen molar-refractivity contribution < 1.29 is 9.59 Å². The Morgan fingerprint density at radius 1 is 1.35 bits per heavy atom. The van der Waals surface area contributed by atoms with Crippen molar-refractivity contribution in [3.63, 3.8) is 0 Å². The number of aromatic nitrogens is 2. The molecule has 0 bridgehead atoms. The van der Waals surface area contributed by atoms with E-state index in [0.717, 1.165) is 5.56 Å². The fraction of sp³-hybridized carbons (Fsp3) is 0.154. The molecule has 0 aliphatic heterocycles. The van der Waals surface area contributed by atoms with Crippen LogP contribution in [0, 0.1) is 0 Å². The molecule has 1 aromatic heterocycles. The van der Waals surface area contributed by atoms with Crippen LogP contribution < -0.4 is 16.8 Å². The number of nitrogen functional groups attached to an aromatic ring is 1. The predicted molar refractivity (Wildman–Crippen MR) is 73.8 cm³/mol. The highest BCUT2D eigenvalue weighted by Gasteiger charge is 2.10. The second-order valence-corrected chi connectivity index (χ2v) is 4.31. The number of hydrogen-bond acceptors (Lipinski definition) is 4. The Morgan fingerprint density at radius 2 is 2.05 bits per heavy atom. The van der Waals surface area contributed by atoms with E-state index in [2.05, 4.69) is 10.4 Å². The normalized spacial score (nSPS) is 10.2. The van der Waals surface area contributed by atoms with Crippen molar-refractivity contribution in [2.45, 2.75) is 6.54 Å². The van der Waals surface area contributed by atoms with Gasteiger partial charge in [0, 0.05) is 30.3 Å². The Labute approximate surface area is 115 Å². The van der Waals surface area contributed by atoms with Crippen molar-refractivity contribution in [2.24, 2.45) is 12.8 Å². The van der Waals surface area contributed by atoms with Crippen LogP contribution in [0.15, 0.2) is 30.5 Å². The van der Waals surface area contributed by atoms with Crippen molar-refractivity contribution in [1.82, 2.24) is 15.1 Å². The van der Waals surface area contributed by atoms with Crippen molar-refractivity contribution in [3.8, 4) is 0 Å². The summed E-state index contributed by atoms with van der Waals surface area (Å²) in [7, 11) is 1.72. The summed E-state index contributed by atoms with van der Waals surface area (Å²) in [6.07, 6.45) is 1.59. The third-order valence-corrected chi connectivity index (χ3v) is 2.91. The summed E-state index contributed by atoms with van der Waals surface area (Å²) >= 11 is 0. The SMILES string of the molecule is Cn1ncc(CNC(=O)c2cccc(C(N)=O)c2)c1N. The van der Waals surface area contributed by atoms with Gasteiger partial charge in [0.15, 0.2) is 0 Å². The van der Waals surface area contributed by atoms with Crippen molar-refractivity contribution in [2.75, 3.05) is 5.73 Å². The van der Waals surface area contributed by atoms with Gasteiger partial charge in [-0.15, -0.1) is 0 Å². The van der Waals surface area contributed by atoms with Gasteiger partial charge in [0.1, 0.15) is 5.82 Å². The number of aryl methyl sites for hydroxylation is 1. The highest BCUT2D eigenvalue weighted by molar-refractivity contribution is 5.99. The molecule has 0 unspecified atom stereocenters. The molecule has 0 atom stereocenters. The van der Waals surface area contributed by atoms with E-state index in [1.807, 2.05) is 0 Å². The topological polar surface area (TPSA) is 116 Å². The van der Waals surface area contributed by atoms with Crippen molar-refractivity contribution in [3.05, 3.63) is 47.2 Å². The number of benzene rings is 1. The maximum Gasteiger partial charge on any atom is 0.251 e. The van der Waals surface area contributed by atoms with Gasteiger partial charge in [-0.1, -0.05) is 6.07 Å². The van der Waals surface area contributed by atoms with Gasteiger partial charge in [-0.3, -0.25) is 14.3 Å². The first-order valence-electron chi connectivity index (χ1n) is 5.93. The lowest BCUT2D eigenvalue weighted by Gasteiger charge is -2.06. The molecule has 7 heteroatoms. The second-order valence-electron chi connectivity index (χ2n) is 4.31. The number of hydrogen-bond donors (Lipinski definition) is 3. The molecule has 0 saturated heterocycles. The number of carbonyl (C=O) groups excluding carboxylic acids is 2. The molecule has 7 nitrogen and oxygen atoms in total. The van der Waals surface area contributed by atoms with Gasteiger partial charge in [-0.2, -0.15) is 5.10 Å². The van der Waals surface area contributed by atoms with Gasteiger partial charge >= 0.3 is 0 Å². The molecule has 20 heavy (non-hydrogen) atoms. The smallest absolute Gasteiger partial charge is 0.251 e. The van der Waals surface area contributed by atoms with Crippen LogP contribution >= 0.6 is 0 Å². The Bertz CT molecular complexity index is 663. The maximum absolute atomic E-state index is 12.0.